The van der Waals surface area contributed by atoms with Crippen LogP contribution < -0.4 is 10.1 Å². The molecule has 1 atom stereocenters. The third-order valence-corrected chi connectivity index (χ3v) is 4.16. The zero-order valence-corrected chi connectivity index (χ0v) is 14.8. The quantitative estimate of drug-likeness (QED) is 0.859. The maximum Gasteiger partial charge on any atom is 0.251 e. The van der Waals surface area contributed by atoms with Gasteiger partial charge in [0.15, 0.2) is 0 Å². The molecule has 0 radical (unpaired) electrons. The van der Waals surface area contributed by atoms with Crippen LogP contribution in [0.5, 0.6) is 5.75 Å². The molecule has 0 aromatic heterocycles. The number of nitrogens with one attached hydrogen (secondary N) is 1. The second-order valence-electron chi connectivity index (χ2n) is 6.31. The summed E-state index contributed by atoms with van der Waals surface area (Å²) >= 11 is 0. The van der Waals surface area contributed by atoms with Crippen LogP contribution in [0.1, 0.15) is 59.8 Å². The molecular formula is C20H24FNO2. The van der Waals surface area contributed by atoms with Gasteiger partial charge in [0.05, 0.1) is 13.2 Å². The largest absolute Gasteiger partial charge is 0.496 e. The lowest BCUT2D eigenvalue weighted by atomic mass is 9.93. The number of carbonyl (C=O) groups excluding carboxylic acids is 1. The van der Waals surface area contributed by atoms with Gasteiger partial charge in [0, 0.05) is 5.56 Å². The third kappa shape index (κ3) is 3.94. The Hall–Kier alpha value is -2.36. The molecule has 0 bridgehead atoms. The minimum atomic E-state index is -0.354. The molecule has 0 saturated carbocycles. The van der Waals surface area contributed by atoms with Crippen molar-refractivity contribution in [2.45, 2.75) is 39.7 Å². The number of carbonyl (C=O) groups is 1. The molecule has 0 saturated heterocycles. The highest BCUT2D eigenvalue weighted by Crippen LogP contribution is 2.32. The zero-order valence-electron chi connectivity index (χ0n) is 14.8. The second-order valence-corrected chi connectivity index (χ2v) is 6.31. The summed E-state index contributed by atoms with van der Waals surface area (Å²) in [6.07, 6.45) is 0. The van der Waals surface area contributed by atoms with Crippen LogP contribution in [-0.4, -0.2) is 13.0 Å². The van der Waals surface area contributed by atoms with Crippen LogP contribution in [0.25, 0.3) is 0 Å². The van der Waals surface area contributed by atoms with Gasteiger partial charge in [0.2, 0.25) is 0 Å². The van der Waals surface area contributed by atoms with Crippen molar-refractivity contribution in [1.82, 2.24) is 5.32 Å². The summed E-state index contributed by atoms with van der Waals surface area (Å²) in [5, 5.41) is 2.97. The summed E-state index contributed by atoms with van der Waals surface area (Å²) in [5.41, 5.74) is 3.66. The van der Waals surface area contributed by atoms with Gasteiger partial charge in [-0.15, -0.1) is 0 Å². The molecule has 0 unspecified atom stereocenters. The molecule has 2 aromatic rings. The van der Waals surface area contributed by atoms with E-state index in [-0.39, 0.29) is 17.8 Å². The minimum absolute atomic E-state index is 0.161. The highest BCUT2D eigenvalue weighted by Gasteiger charge is 2.17. The van der Waals surface area contributed by atoms with E-state index in [1.54, 1.807) is 7.11 Å². The Labute approximate surface area is 142 Å². The lowest BCUT2D eigenvalue weighted by Gasteiger charge is -2.21. The average Bonchev–Trinajstić information content (AvgIpc) is 2.54. The van der Waals surface area contributed by atoms with Crippen molar-refractivity contribution in [2.24, 2.45) is 0 Å². The van der Waals surface area contributed by atoms with Gasteiger partial charge in [0.25, 0.3) is 5.91 Å². The van der Waals surface area contributed by atoms with E-state index in [9.17, 15) is 9.18 Å². The minimum Gasteiger partial charge on any atom is -0.496 e. The van der Waals surface area contributed by atoms with Gasteiger partial charge in [-0.2, -0.15) is 0 Å². The van der Waals surface area contributed by atoms with Crippen molar-refractivity contribution < 1.29 is 13.9 Å². The number of hydrogen-bond donors (Lipinski definition) is 1. The molecule has 0 aliphatic carbocycles. The van der Waals surface area contributed by atoms with Gasteiger partial charge in [-0.05, 0) is 72.9 Å². The van der Waals surface area contributed by atoms with E-state index in [4.69, 9.17) is 4.74 Å². The first-order valence-electron chi connectivity index (χ1n) is 8.08. The first kappa shape index (κ1) is 18.0. The third-order valence-electron chi connectivity index (χ3n) is 4.16. The summed E-state index contributed by atoms with van der Waals surface area (Å²) in [6.45, 7) is 8.17. The summed E-state index contributed by atoms with van der Waals surface area (Å²) in [6, 6.07) is 9.48. The summed E-state index contributed by atoms with van der Waals surface area (Å²) in [4.78, 5) is 12.3. The van der Waals surface area contributed by atoms with Crippen molar-refractivity contribution in [1.29, 1.82) is 0 Å². The lowest BCUT2D eigenvalue weighted by molar-refractivity contribution is 0.0940. The van der Waals surface area contributed by atoms with Crippen LogP contribution in [0.2, 0.25) is 0 Å². The summed E-state index contributed by atoms with van der Waals surface area (Å²) in [5.74, 6) is 0.610. The summed E-state index contributed by atoms with van der Waals surface area (Å²) in [7, 11) is 1.67. The van der Waals surface area contributed by atoms with Gasteiger partial charge in [-0.25, -0.2) is 4.39 Å². The molecule has 0 heterocycles. The van der Waals surface area contributed by atoms with Crippen LogP contribution in [0.3, 0.4) is 0 Å². The van der Waals surface area contributed by atoms with Crippen molar-refractivity contribution >= 4 is 5.91 Å². The zero-order chi connectivity index (χ0) is 17.9. The molecule has 4 heteroatoms. The van der Waals surface area contributed by atoms with Crippen molar-refractivity contribution in [2.75, 3.05) is 7.11 Å². The molecule has 128 valence electrons. The Morgan fingerprint density at radius 1 is 1.08 bits per heavy atom. The Kier molecular flexibility index (Phi) is 5.60. The van der Waals surface area contributed by atoms with E-state index < -0.39 is 0 Å². The SMILES string of the molecule is COc1cc(C)c([C@H](C)NC(=O)c2ccc(F)cc2)cc1C(C)C. The molecule has 0 aliphatic heterocycles. The molecular weight excluding hydrogens is 305 g/mol. The lowest BCUT2D eigenvalue weighted by Crippen LogP contribution is -2.27. The van der Waals surface area contributed by atoms with E-state index in [0.717, 1.165) is 22.4 Å². The Morgan fingerprint density at radius 2 is 1.71 bits per heavy atom. The molecule has 0 fully saturated rings. The van der Waals surface area contributed by atoms with Gasteiger partial charge < -0.3 is 10.1 Å². The number of ether oxygens (including phenoxy) is 1. The normalized spacial score (nSPS) is 12.1. The number of rotatable bonds is 5. The maximum atomic E-state index is 13.0. The van der Waals surface area contributed by atoms with Crippen LogP contribution in [0.4, 0.5) is 4.39 Å². The monoisotopic (exact) mass is 329 g/mol. The maximum absolute atomic E-state index is 13.0. The molecule has 1 N–H and O–H groups in total. The van der Waals surface area contributed by atoms with Crippen LogP contribution >= 0.6 is 0 Å². The molecule has 24 heavy (non-hydrogen) atoms. The number of benzene rings is 2. The first-order valence-corrected chi connectivity index (χ1v) is 8.08. The second kappa shape index (κ2) is 7.47. The standard InChI is InChI=1S/C20H24FNO2/c1-12(2)17-11-18(13(3)10-19(17)24-5)14(4)22-20(23)15-6-8-16(21)9-7-15/h6-12,14H,1-5H3,(H,22,23)/t14-/m0/s1. The van der Waals surface area contributed by atoms with E-state index in [1.165, 1.54) is 24.3 Å². The predicted molar refractivity (Wildman–Crippen MR) is 94.1 cm³/mol. The van der Waals surface area contributed by atoms with E-state index in [1.807, 2.05) is 19.9 Å². The van der Waals surface area contributed by atoms with Crippen molar-refractivity contribution in [3.63, 3.8) is 0 Å². The topological polar surface area (TPSA) is 38.3 Å². The fourth-order valence-electron chi connectivity index (χ4n) is 2.77. The highest BCUT2D eigenvalue weighted by atomic mass is 19.1. The number of methoxy groups -OCH3 is 1. The smallest absolute Gasteiger partial charge is 0.251 e. The molecule has 2 aromatic carbocycles. The van der Waals surface area contributed by atoms with Crippen molar-refractivity contribution in [3.8, 4) is 5.75 Å². The average molecular weight is 329 g/mol. The van der Waals surface area contributed by atoms with E-state index >= 15 is 0 Å². The molecule has 1 amide bonds. The fourth-order valence-corrected chi connectivity index (χ4v) is 2.77. The Morgan fingerprint density at radius 3 is 2.25 bits per heavy atom. The van der Waals surface area contributed by atoms with Crippen LogP contribution in [0, 0.1) is 12.7 Å². The molecule has 2 rings (SSSR count). The van der Waals surface area contributed by atoms with Gasteiger partial charge >= 0.3 is 0 Å². The Bertz CT molecular complexity index is 723. The molecule has 3 nitrogen and oxygen atoms in total. The van der Waals surface area contributed by atoms with Crippen LogP contribution in [0.15, 0.2) is 36.4 Å². The van der Waals surface area contributed by atoms with E-state index in [2.05, 4.69) is 25.2 Å². The van der Waals surface area contributed by atoms with Crippen LogP contribution in [-0.2, 0) is 0 Å². The first-order chi connectivity index (χ1) is 11.3. The Balaban J connectivity index is 2.25. The number of halogens is 1. The highest BCUT2D eigenvalue weighted by molar-refractivity contribution is 5.94. The summed E-state index contributed by atoms with van der Waals surface area (Å²) < 4.78 is 18.4. The molecule has 0 spiro atoms. The fraction of sp³-hybridized carbons (Fsp3) is 0.350. The number of amides is 1. The number of aryl methyl sites for hydroxylation is 1. The van der Waals surface area contributed by atoms with E-state index in [0.29, 0.717) is 11.5 Å². The van der Waals surface area contributed by atoms with Gasteiger partial charge in [0.1, 0.15) is 11.6 Å². The molecule has 0 aliphatic rings. The van der Waals surface area contributed by atoms with Crippen molar-refractivity contribution in [3.05, 3.63) is 64.5 Å². The van der Waals surface area contributed by atoms with Gasteiger partial charge in [-0.3, -0.25) is 4.79 Å². The van der Waals surface area contributed by atoms with Gasteiger partial charge in [-0.1, -0.05) is 13.8 Å². The number of hydrogen-bond acceptors (Lipinski definition) is 2. The predicted octanol–water partition coefficient (Wildman–Crippen LogP) is 4.76.